The Morgan fingerprint density at radius 3 is 2.89 bits per heavy atom. The molecule has 0 aliphatic rings. The fourth-order valence-electron chi connectivity index (χ4n) is 1.29. The maximum Gasteiger partial charge on any atom is 0.321 e. The molecule has 0 spiro atoms. The van der Waals surface area contributed by atoms with E-state index in [-0.39, 0.29) is 4.34 Å². The average Bonchev–Trinajstić information content (AvgIpc) is 2.71. The Labute approximate surface area is 112 Å². The van der Waals surface area contributed by atoms with Crippen LogP contribution in [0.2, 0.25) is 5.02 Å². The van der Waals surface area contributed by atoms with Gasteiger partial charge in [0.1, 0.15) is 0 Å². The number of hydrogen-bond donors (Lipinski definition) is 0. The summed E-state index contributed by atoms with van der Waals surface area (Å²) in [7, 11) is -2.62. The second-order valence-electron chi connectivity index (χ2n) is 3.43. The van der Waals surface area contributed by atoms with E-state index in [4.69, 9.17) is 11.6 Å². The number of rotatable bonds is 3. The number of esters is 1. The zero-order valence-electron chi connectivity index (χ0n) is 9.21. The molecule has 96 valence electrons. The molecule has 0 saturated heterocycles. The smallest absolute Gasteiger partial charge is 0.321 e. The van der Waals surface area contributed by atoms with Gasteiger partial charge >= 0.3 is 5.97 Å². The summed E-state index contributed by atoms with van der Waals surface area (Å²) in [5, 5.41) is 0.503. The molecule has 1 heterocycles. The van der Waals surface area contributed by atoms with Crippen molar-refractivity contribution >= 4 is 49.0 Å². The van der Waals surface area contributed by atoms with Crippen LogP contribution in [0.25, 0.3) is 10.2 Å². The van der Waals surface area contributed by atoms with E-state index < -0.39 is 21.6 Å². The standard InChI is InChI=1S/C10H8ClNO4S2/c1-16-9(13)5-18(14,15)10-12-7-3-2-6(11)4-8(7)17-10/h2-4H,5H2,1H3. The summed E-state index contributed by atoms with van der Waals surface area (Å²) in [6.45, 7) is 0. The molecule has 0 amide bonds. The van der Waals surface area contributed by atoms with Crippen LogP contribution >= 0.6 is 22.9 Å². The van der Waals surface area contributed by atoms with Crippen molar-refractivity contribution in [2.24, 2.45) is 0 Å². The lowest BCUT2D eigenvalue weighted by Gasteiger charge is -1.97. The van der Waals surface area contributed by atoms with Gasteiger partial charge in [0, 0.05) is 5.02 Å². The third kappa shape index (κ3) is 2.63. The molecule has 0 aliphatic carbocycles. The Morgan fingerprint density at radius 2 is 2.22 bits per heavy atom. The van der Waals surface area contributed by atoms with Crippen molar-refractivity contribution in [3.8, 4) is 0 Å². The van der Waals surface area contributed by atoms with Gasteiger partial charge in [-0.2, -0.15) is 0 Å². The van der Waals surface area contributed by atoms with Crippen LogP contribution in [0, 0.1) is 0 Å². The van der Waals surface area contributed by atoms with Gasteiger partial charge in [-0.25, -0.2) is 13.4 Å². The SMILES string of the molecule is COC(=O)CS(=O)(=O)c1nc2ccc(Cl)cc2s1. The highest BCUT2D eigenvalue weighted by Gasteiger charge is 2.23. The van der Waals surface area contributed by atoms with Crippen molar-refractivity contribution in [1.29, 1.82) is 0 Å². The highest BCUT2D eigenvalue weighted by molar-refractivity contribution is 7.94. The number of thiazole rings is 1. The van der Waals surface area contributed by atoms with Gasteiger partial charge in [0.15, 0.2) is 5.75 Å². The summed E-state index contributed by atoms with van der Waals surface area (Å²) in [5.74, 6) is -1.52. The number of fused-ring (bicyclic) bond motifs is 1. The fourth-order valence-corrected chi connectivity index (χ4v) is 4.00. The molecule has 0 radical (unpaired) electrons. The van der Waals surface area contributed by atoms with Gasteiger partial charge in [-0.05, 0) is 18.2 Å². The van der Waals surface area contributed by atoms with E-state index in [0.717, 1.165) is 18.4 Å². The quantitative estimate of drug-likeness (QED) is 0.810. The van der Waals surface area contributed by atoms with Crippen LogP contribution in [0.4, 0.5) is 0 Å². The van der Waals surface area contributed by atoms with Crippen LogP contribution < -0.4 is 0 Å². The Bertz CT molecular complexity index is 708. The summed E-state index contributed by atoms with van der Waals surface area (Å²) < 4.78 is 28.6. The van der Waals surface area contributed by atoms with Crippen LogP contribution in [0.3, 0.4) is 0 Å². The molecule has 0 saturated carbocycles. The lowest BCUT2D eigenvalue weighted by molar-refractivity contribution is -0.137. The number of ether oxygens (including phenoxy) is 1. The molecule has 1 aromatic heterocycles. The number of aromatic nitrogens is 1. The average molecular weight is 306 g/mol. The van der Waals surface area contributed by atoms with Gasteiger partial charge in [-0.15, -0.1) is 11.3 Å². The maximum absolute atomic E-state index is 11.9. The van der Waals surface area contributed by atoms with E-state index in [1.54, 1.807) is 18.2 Å². The van der Waals surface area contributed by atoms with Gasteiger partial charge in [0.2, 0.25) is 14.2 Å². The van der Waals surface area contributed by atoms with E-state index in [1.165, 1.54) is 0 Å². The second kappa shape index (κ2) is 4.83. The second-order valence-corrected chi connectivity index (χ2v) is 7.06. The highest BCUT2D eigenvalue weighted by atomic mass is 35.5. The van der Waals surface area contributed by atoms with Crippen molar-refractivity contribution in [3.05, 3.63) is 23.2 Å². The first kappa shape index (κ1) is 13.3. The maximum atomic E-state index is 11.9. The number of carbonyl (C=O) groups excluding carboxylic acids is 1. The summed E-state index contributed by atoms with van der Waals surface area (Å²) in [6.07, 6.45) is 0. The first-order valence-corrected chi connectivity index (χ1v) is 7.63. The summed E-state index contributed by atoms with van der Waals surface area (Å²) >= 11 is 6.78. The molecule has 0 aliphatic heterocycles. The monoisotopic (exact) mass is 305 g/mol. The fraction of sp³-hybridized carbons (Fsp3) is 0.200. The molecule has 0 atom stereocenters. The van der Waals surface area contributed by atoms with Crippen LogP contribution in [0.1, 0.15) is 0 Å². The predicted molar refractivity (Wildman–Crippen MR) is 68.7 cm³/mol. The molecule has 2 rings (SSSR count). The predicted octanol–water partition coefficient (Wildman–Crippen LogP) is 1.90. The van der Waals surface area contributed by atoms with Gasteiger partial charge in [0.25, 0.3) is 0 Å². The van der Waals surface area contributed by atoms with Gasteiger partial charge in [0.05, 0.1) is 17.3 Å². The number of hydrogen-bond acceptors (Lipinski definition) is 6. The summed E-state index contributed by atoms with van der Waals surface area (Å²) in [6, 6.07) is 4.89. The molecule has 18 heavy (non-hydrogen) atoms. The minimum atomic E-state index is -3.76. The third-order valence-electron chi connectivity index (χ3n) is 2.13. The minimum absolute atomic E-state index is 0.106. The largest absolute Gasteiger partial charge is 0.468 e. The number of sulfone groups is 1. The topological polar surface area (TPSA) is 73.3 Å². The number of carbonyl (C=O) groups is 1. The Kier molecular flexibility index (Phi) is 3.56. The van der Waals surface area contributed by atoms with E-state index in [2.05, 4.69) is 9.72 Å². The van der Waals surface area contributed by atoms with E-state index in [9.17, 15) is 13.2 Å². The van der Waals surface area contributed by atoms with Crippen LogP contribution in [0.15, 0.2) is 22.5 Å². The van der Waals surface area contributed by atoms with Crippen LogP contribution in [-0.4, -0.2) is 32.2 Å². The number of halogens is 1. The van der Waals surface area contributed by atoms with Gasteiger partial charge in [-0.3, -0.25) is 4.79 Å². The molecule has 0 N–H and O–H groups in total. The Morgan fingerprint density at radius 1 is 1.50 bits per heavy atom. The molecule has 0 unspecified atom stereocenters. The number of methoxy groups -OCH3 is 1. The van der Waals surface area contributed by atoms with Gasteiger partial charge < -0.3 is 4.74 Å². The first-order valence-electron chi connectivity index (χ1n) is 4.78. The first-order chi connectivity index (χ1) is 8.42. The van der Waals surface area contributed by atoms with Gasteiger partial charge in [-0.1, -0.05) is 11.6 Å². The molecular formula is C10H8ClNO4S2. The van der Waals surface area contributed by atoms with Crippen LogP contribution in [-0.2, 0) is 19.4 Å². The van der Waals surface area contributed by atoms with Crippen molar-refractivity contribution in [1.82, 2.24) is 4.98 Å². The lowest BCUT2D eigenvalue weighted by atomic mass is 10.3. The molecule has 0 fully saturated rings. The third-order valence-corrected chi connectivity index (χ3v) is 5.43. The minimum Gasteiger partial charge on any atom is -0.468 e. The lowest BCUT2D eigenvalue weighted by Crippen LogP contribution is -2.17. The van der Waals surface area contributed by atoms with Crippen molar-refractivity contribution in [3.63, 3.8) is 0 Å². The van der Waals surface area contributed by atoms with Crippen LogP contribution in [0.5, 0.6) is 0 Å². The molecular weight excluding hydrogens is 298 g/mol. The molecule has 2 aromatic rings. The number of benzene rings is 1. The Balaban J connectivity index is 2.45. The van der Waals surface area contributed by atoms with E-state index in [1.807, 2.05) is 0 Å². The molecule has 5 nitrogen and oxygen atoms in total. The van der Waals surface area contributed by atoms with Crippen molar-refractivity contribution < 1.29 is 17.9 Å². The summed E-state index contributed by atoms with van der Waals surface area (Å²) in [4.78, 5) is 15.0. The van der Waals surface area contributed by atoms with Crippen molar-refractivity contribution in [2.45, 2.75) is 4.34 Å². The molecule has 1 aromatic carbocycles. The number of nitrogens with zero attached hydrogens (tertiary/aromatic N) is 1. The van der Waals surface area contributed by atoms with E-state index >= 15 is 0 Å². The normalized spacial score (nSPS) is 11.7. The highest BCUT2D eigenvalue weighted by Crippen LogP contribution is 2.28. The van der Waals surface area contributed by atoms with Crippen molar-refractivity contribution in [2.75, 3.05) is 12.9 Å². The zero-order valence-corrected chi connectivity index (χ0v) is 11.6. The summed E-state index contributed by atoms with van der Waals surface area (Å²) in [5.41, 5.74) is 0.535. The Hall–Kier alpha value is -1.18. The molecule has 8 heteroatoms. The molecule has 0 bridgehead atoms. The van der Waals surface area contributed by atoms with E-state index in [0.29, 0.717) is 15.2 Å². The zero-order chi connectivity index (χ0) is 13.3.